The first kappa shape index (κ1) is 21.9. The van der Waals surface area contributed by atoms with Crippen molar-refractivity contribution in [3.05, 3.63) is 78.3 Å². The third-order valence-corrected chi connectivity index (χ3v) is 5.35. The van der Waals surface area contributed by atoms with Crippen molar-refractivity contribution in [3.63, 3.8) is 0 Å². The molecule has 166 valence electrons. The molecule has 0 saturated carbocycles. The maximum Gasteiger partial charge on any atom is 0.244 e. The molecule has 0 radical (unpaired) electrons. The van der Waals surface area contributed by atoms with Crippen molar-refractivity contribution >= 4 is 12.0 Å². The van der Waals surface area contributed by atoms with Crippen LogP contribution in [0.2, 0.25) is 0 Å². The number of ether oxygens (including phenoxy) is 1. The Kier molecular flexibility index (Phi) is 7.42. The monoisotopic (exact) mass is 434 g/mol. The highest BCUT2D eigenvalue weighted by Gasteiger charge is 2.12. The molecule has 0 atom stereocenters. The van der Waals surface area contributed by atoms with Crippen LogP contribution in [0.4, 0.5) is 4.39 Å². The SMILES string of the molecule is O=C(/C=C/c1cn(-c2ccccc2)nc1-c1ccc(F)cc1)NCCCN1CCOCC1. The van der Waals surface area contributed by atoms with E-state index in [-0.39, 0.29) is 11.7 Å². The van der Waals surface area contributed by atoms with Gasteiger partial charge in [-0.25, -0.2) is 9.07 Å². The fraction of sp³-hybridized carbons (Fsp3) is 0.280. The van der Waals surface area contributed by atoms with E-state index in [2.05, 4.69) is 15.3 Å². The Morgan fingerprint density at radius 3 is 2.59 bits per heavy atom. The molecule has 7 heteroatoms. The van der Waals surface area contributed by atoms with Gasteiger partial charge in [-0.3, -0.25) is 9.69 Å². The maximum atomic E-state index is 13.4. The van der Waals surface area contributed by atoms with Crippen LogP contribution in [-0.2, 0) is 9.53 Å². The second-order valence-electron chi connectivity index (χ2n) is 7.65. The molecule has 1 N–H and O–H groups in total. The van der Waals surface area contributed by atoms with Crippen molar-refractivity contribution in [2.75, 3.05) is 39.4 Å². The molecular weight excluding hydrogens is 407 g/mol. The number of carbonyl (C=O) groups excluding carboxylic acids is 1. The van der Waals surface area contributed by atoms with Crippen molar-refractivity contribution in [2.45, 2.75) is 6.42 Å². The molecule has 0 unspecified atom stereocenters. The molecule has 4 rings (SSSR count). The lowest BCUT2D eigenvalue weighted by Crippen LogP contribution is -2.38. The van der Waals surface area contributed by atoms with Gasteiger partial charge in [0.2, 0.25) is 5.91 Å². The minimum atomic E-state index is -0.301. The zero-order valence-corrected chi connectivity index (χ0v) is 17.9. The van der Waals surface area contributed by atoms with Gasteiger partial charge >= 0.3 is 0 Å². The summed E-state index contributed by atoms with van der Waals surface area (Å²) in [4.78, 5) is 14.7. The average Bonchev–Trinajstić information content (AvgIpc) is 3.26. The number of hydrogen-bond acceptors (Lipinski definition) is 4. The summed E-state index contributed by atoms with van der Waals surface area (Å²) in [5.41, 5.74) is 3.16. The number of para-hydroxylation sites is 1. The van der Waals surface area contributed by atoms with Gasteiger partial charge in [0.25, 0.3) is 0 Å². The van der Waals surface area contributed by atoms with Crippen molar-refractivity contribution in [3.8, 4) is 16.9 Å². The van der Waals surface area contributed by atoms with Crippen molar-refractivity contribution in [1.29, 1.82) is 0 Å². The molecule has 2 heterocycles. The number of carbonyl (C=O) groups is 1. The first-order chi connectivity index (χ1) is 15.7. The van der Waals surface area contributed by atoms with Gasteiger partial charge < -0.3 is 10.1 Å². The number of morpholine rings is 1. The zero-order valence-electron chi connectivity index (χ0n) is 17.9. The van der Waals surface area contributed by atoms with E-state index < -0.39 is 0 Å². The molecule has 6 nitrogen and oxygen atoms in total. The molecule has 1 fully saturated rings. The Morgan fingerprint density at radius 1 is 1.09 bits per heavy atom. The molecule has 3 aromatic rings. The fourth-order valence-electron chi connectivity index (χ4n) is 3.62. The summed E-state index contributed by atoms with van der Waals surface area (Å²) in [6, 6.07) is 15.9. The normalized spacial score (nSPS) is 14.7. The number of rotatable bonds is 8. The molecule has 0 aliphatic carbocycles. The molecule has 1 amide bonds. The number of benzene rings is 2. The lowest BCUT2D eigenvalue weighted by atomic mass is 10.1. The molecule has 2 aromatic carbocycles. The van der Waals surface area contributed by atoms with Crippen LogP contribution in [0.5, 0.6) is 0 Å². The fourth-order valence-corrected chi connectivity index (χ4v) is 3.62. The highest BCUT2D eigenvalue weighted by molar-refractivity contribution is 5.92. The van der Waals surface area contributed by atoms with Crippen LogP contribution in [0.3, 0.4) is 0 Å². The second-order valence-corrected chi connectivity index (χ2v) is 7.65. The lowest BCUT2D eigenvalue weighted by Gasteiger charge is -2.26. The van der Waals surface area contributed by atoms with E-state index in [0.717, 1.165) is 56.1 Å². The van der Waals surface area contributed by atoms with E-state index in [9.17, 15) is 9.18 Å². The summed E-state index contributed by atoms with van der Waals surface area (Å²) in [7, 11) is 0. The molecule has 1 aliphatic rings. The van der Waals surface area contributed by atoms with Gasteiger partial charge in [-0.2, -0.15) is 5.10 Å². The van der Waals surface area contributed by atoms with Crippen LogP contribution in [-0.4, -0.2) is 60.0 Å². The highest BCUT2D eigenvalue weighted by atomic mass is 19.1. The van der Waals surface area contributed by atoms with Crippen molar-refractivity contribution in [2.24, 2.45) is 0 Å². The standard InChI is InChI=1S/C25H27FN4O2/c26-22-10-7-20(8-11-22)25-21(19-30(28-25)23-5-2-1-3-6-23)9-12-24(31)27-13-4-14-29-15-17-32-18-16-29/h1-3,5-12,19H,4,13-18H2,(H,27,31)/b12-9+. The number of halogens is 1. The van der Waals surface area contributed by atoms with Gasteiger partial charge in [0.1, 0.15) is 5.82 Å². The molecule has 1 aliphatic heterocycles. The quantitative estimate of drug-likeness (QED) is 0.435. The third kappa shape index (κ3) is 5.90. The van der Waals surface area contributed by atoms with Gasteiger partial charge in [-0.15, -0.1) is 0 Å². The smallest absolute Gasteiger partial charge is 0.244 e. The molecule has 1 saturated heterocycles. The van der Waals surface area contributed by atoms with E-state index in [1.165, 1.54) is 18.2 Å². The Morgan fingerprint density at radius 2 is 1.84 bits per heavy atom. The van der Waals surface area contributed by atoms with Crippen LogP contribution >= 0.6 is 0 Å². The maximum absolute atomic E-state index is 13.4. The summed E-state index contributed by atoms with van der Waals surface area (Å²) in [6.07, 6.45) is 6.04. The van der Waals surface area contributed by atoms with Crippen molar-refractivity contribution < 1.29 is 13.9 Å². The Bertz CT molecular complexity index is 1040. The Balaban J connectivity index is 1.42. The molecule has 1 aromatic heterocycles. The van der Waals surface area contributed by atoms with Crippen LogP contribution in [0.1, 0.15) is 12.0 Å². The number of aromatic nitrogens is 2. The summed E-state index contributed by atoms with van der Waals surface area (Å²) in [5, 5.41) is 7.62. The van der Waals surface area contributed by atoms with Crippen LogP contribution in [0.25, 0.3) is 23.0 Å². The summed E-state index contributed by atoms with van der Waals surface area (Å²) in [5.74, 6) is -0.450. The predicted molar refractivity (Wildman–Crippen MR) is 123 cm³/mol. The van der Waals surface area contributed by atoms with Gasteiger partial charge in [-0.1, -0.05) is 18.2 Å². The number of nitrogens with zero attached hydrogens (tertiary/aromatic N) is 3. The predicted octanol–water partition coefficient (Wildman–Crippen LogP) is 3.53. The van der Waals surface area contributed by atoms with E-state index >= 15 is 0 Å². The highest BCUT2D eigenvalue weighted by Crippen LogP contribution is 2.25. The van der Waals surface area contributed by atoms with Gasteiger partial charge in [-0.05, 0) is 55.4 Å². The summed E-state index contributed by atoms with van der Waals surface area (Å²) >= 11 is 0. The van der Waals surface area contributed by atoms with E-state index in [1.807, 2.05) is 36.5 Å². The van der Waals surface area contributed by atoms with E-state index in [4.69, 9.17) is 4.74 Å². The summed E-state index contributed by atoms with van der Waals surface area (Å²) < 4.78 is 20.5. The van der Waals surface area contributed by atoms with Crippen molar-refractivity contribution in [1.82, 2.24) is 20.0 Å². The van der Waals surface area contributed by atoms with Gasteiger partial charge in [0, 0.05) is 43.0 Å². The van der Waals surface area contributed by atoms with Gasteiger partial charge in [0.15, 0.2) is 0 Å². The second kappa shape index (κ2) is 10.8. The number of nitrogens with one attached hydrogen (secondary N) is 1. The topological polar surface area (TPSA) is 59.4 Å². The Labute approximate surface area is 187 Å². The minimum absolute atomic E-state index is 0.149. The molecule has 0 bridgehead atoms. The van der Waals surface area contributed by atoms with Crippen LogP contribution in [0.15, 0.2) is 66.9 Å². The molecule has 0 spiro atoms. The molecule has 32 heavy (non-hydrogen) atoms. The molecular formula is C25H27FN4O2. The summed E-state index contributed by atoms with van der Waals surface area (Å²) in [6.45, 7) is 5.03. The minimum Gasteiger partial charge on any atom is -0.379 e. The Hall–Kier alpha value is -3.29. The zero-order chi connectivity index (χ0) is 22.2. The largest absolute Gasteiger partial charge is 0.379 e. The van der Waals surface area contributed by atoms with E-state index in [1.54, 1.807) is 22.9 Å². The lowest BCUT2D eigenvalue weighted by molar-refractivity contribution is -0.116. The van der Waals surface area contributed by atoms with E-state index in [0.29, 0.717) is 12.2 Å². The first-order valence-electron chi connectivity index (χ1n) is 10.9. The van der Waals surface area contributed by atoms with Crippen LogP contribution in [0, 0.1) is 5.82 Å². The average molecular weight is 435 g/mol. The van der Waals surface area contributed by atoms with Crippen LogP contribution < -0.4 is 5.32 Å². The third-order valence-electron chi connectivity index (χ3n) is 5.35. The number of amides is 1. The van der Waals surface area contributed by atoms with Gasteiger partial charge in [0.05, 0.1) is 24.6 Å². The number of hydrogen-bond donors (Lipinski definition) is 1. The first-order valence-corrected chi connectivity index (χ1v) is 10.9.